The fraction of sp³-hybridized carbons (Fsp3) is 0.385. The van der Waals surface area contributed by atoms with E-state index in [-0.39, 0.29) is 5.91 Å². The lowest BCUT2D eigenvalue weighted by Gasteiger charge is -2.35. The van der Waals surface area contributed by atoms with Gasteiger partial charge in [0.2, 0.25) is 0 Å². The molecule has 5 nitrogen and oxygen atoms in total. The fourth-order valence-corrected chi connectivity index (χ4v) is 4.85. The van der Waals surface area contributed by atoms with Gasteiger partial charge in [0.1, 0.15) is 5.82 Å². The molecule has 3 heterocycles. The van der Waals surface area contributed by atoms with Crippen molar-refractivity contribution >= 4 is 28.3 Å². The van der Waals surface area contributed by atoms with E-state index in [1.807, 2.05) is 24.1 Å². The van der Waals surface area contributed by atoms with Gasteiger partial charge < -0.3 is 14.7 Å². The molecule has 5 heteroatoms. The molecule has 1 fully saturated rings. The maximum absolute atomic E-state index is 13.0. The second-order valence-corrected chi connectivity index (χ2v) is 9.07. The number of aromatic nitrogens is 1. The number of pyridine rings is 1. The Balaban J connectivity index is 1.36. The lowest BCUT2D eigenvalue weighted by molar-refractivity contribution is 0.0659. The number of fused-ring (bicyclic) bond motifs is 2. The molecule has 5 rings (SSSR count). The summed E-state index contributed by atoms with van der Waals surface area (Å²) in [6.07, 6.45) is 3.08. The molecule has 0 N–H and O–H groups in total. The predicted molar refractivity (Wildman–Crippen MR) is 126 cm³/mol. The van der Waals surface area contributed by atoms with Crippen LogP contribution in [0.3, 0.4) is 0 Å². The number of carbonyl (C=O) groups is 1. The van der Waals surface area contributed by atoms with E-state index >= 15 is 0 Å². The number of carbonyl (C=O) groups excluding carboxylic acids is 1. The number of hydrogen-bond acceptors (Lipinski definition) is 4. The molecule has 0 saturated carbocycles. The minimum Gasteiger partial charge on any atom is -0.339 e. The molecular weight excluding hydrogens is 384 g/mol. The highest BCUT2D eigenvalue weighted by molar-refractivity contribution is 5.95. The van der Waals surface area contributed by atoms with Gasteiger partial charge >= 0.3 is 0 Å². The van der Waals surface area contributed by atoms with Gasteiger partial charge in [-0.05, 0) is 93.8 Å². The highest BCUT2D eigenvalue weighted by atomic mass is 16.2. The van der Waals surface area contributed by atoms with E-state index in [2.05, 4.69) is 60.2 Å². The van der Waals surface area contributed by atoms with Crippen molar-refractivity contribution in [1.29, 1.82) is 0 Å². The van der Waals surface area contributed by atoms with E-state index in [4.69, 9.17) is 4.98 Å². The van der Waals surface area contributed by atoms with Crippen LogP contribution in [0.4, 0.5) is 11.5 Å². The molecular formula is C26H30N4O. The summed E-state index contributed by atoms with van der Waals surface area (Å²) < 4.78 is 0. The van der Waals surface area contributed by atoms with E-state index in [0.717, 1.165) is 61.5 Å². The van der Waals surface area contributed by atoms with E-state index in [9.17, 15) is 4.79 Å². The molecule has 31 heavy (non-hydrogen) atoms. The number of nitrogens with zero attached hydrogens (tertiary/aromatic N) is 4. The molecule has 2 aliphatic rings. The first kappa shape index (κ1) is 20.0. The fourth-order valence-electron chi connectivity index (χ4n) is 4.85. The second-order valence-electron chi connectivity index (χ2n) is 9.07. The van der Waals surface area contributed by atoms with Gasteiger partial charge in [-0.3, -0.25) is 4.79 Å². The van der Waals surface area contributed by atoms with Crippen molar-refractivity contribution < 1.29 is 4.79 Å². The minimum absolute atomic E-state index is 0.113. The number of hydrogen-bond donors (Lipinski definition) is 0. The molecule has 3 aromatic rings. The average molecular weight is 415 g/mol. The minimum atomic E-state index is 0.113. The Morgan fingerprint density at radius 2 is 1.77 bits per heavy atom. The topological polar surface area (TPSA) is 39.7 Å². The Bertz CT molecular complexity index is 1120. The Morgan fingerprint density at radius 3 is 2.52 bits per heavy atom. The molecule has 1 amide bonds. The zero-order valence-corrected chi connectivity index (χ0v) is 18.6. The van der Waals surface area contributed by atoms with Crippen LogP contribution in [0.25, 0.3) is 10.9 Å². The van der Waals surface area contributed by atoms with Gasteiger partial charge in [-0.2, -0.15) is 0 Å². The van der Waals surface area contributed by atoms with Crippen LogP contribution in [-0.2, 0) is 6.42 Å². The summed E-state index contributed by atoms with van der Waals surface area (Å²) in [6.45, 7) is 5.12. The molecule has 160 valence electrons. The molecule has 2 aliphatic heterocycles. The van der Waals surface area contributed by atoms with Crippen molar-refractivity contribution in [2.75, 3.05) is 38.6 Å². The van der Waals surface area contributed by atoms with E-state index in [1.165, 1.54) is 16.5 Å². The molecule has 1 saturated heterocycles. The average Bonchev–Trinajstić information content (AvgIpc) is 3.20. The van der Waals surface area contributed by atoms with Crippen LogP contribution in [0.15, 0.2) is 48.5 Å². The maximum atomic E-state index is 13.0. The summed E-state index contributed by atoms with van der Waals surface area (Å²) in [5, 5.41) is 1.20. The highest BCUT2D eigenvalue weighted by Gasteiger charge is 2.26. The lowest BCUT2D eigenvalue weighted by atomic mass is 10.0. The zero-order valence-electron chi connectivity index (χ0n) is 18.6. The zero-order chi connectivity index (χ0) is 21.5. The number of amides is 1. The molecule has 0 spiro atoms. The van der Waals surface area contributed by atoms with Crippen molar-refractivity contribution in [3.63, 3.8) is 0 Å². The van der Waals surface area contributed by atoms with Gasteiger partial charge in [-0.25, -0.2) is 4.98 Å². The molecule has 0 radical (unpaired) electrons. The quantitative estimate of drug-likeness (QED) is 0.637. The first-order valence-electron chi connectivity index (χ1n) is 11.2. The van der Waals surface area contributed by atoms with Gasteiger partial charge in [0.15, 0.2) is 0 Å². The monoisotopic (exact) mass is 414 g/mol. The molecule has 0 aliphatic carbocycles. The van der Waals surface area contributed by atoms with Crippen LogP contribution in [0.1, 0.15) is 34.3 Å². The number of rotatable bonds is 3. The third kappa shape index (κ3) is 3.79. The third-order valence-corrected chi connectivity index (χ3v) is 6.87. The Hall–Kier alpha value is -2.92. The van der Waals surface area contributed by atoms with E-state index < -0.39 is 0 Å². The summed E-state index contributed by atoms with van der Waals surface area (Å²) in [7, 11) is 4.09. The van der Waals surface area contributed by atoms with Gasteiger partial charge in [0.05, 0.1) is 5.52 Å². The maximum Gasteiger partial charge on any atom is 0.253 e. The van der Waals surface area contributed by atoms with Gasteiger partial charge in [0, 0.05) is 36.3 Å². The summed E-state index contributed by atoms with van der Waals surface area (Å²) >= 11 is 0. The molecule has 0 atom stereocenters. The largest absolute Gasteiger partial charge is 0.339 e. The summed E-state index contributed by atoms with van der Waals surface area (Å²) in [5.41, 5.74) is 5.40. The van der Waals surface area contributed by atoms with Crippen molar-refractivity contribution in [3.8, 4) is 0 Å². The van der Waals surface area contributed by atoms with Crippen molar-refractivity contribution in [1.82, 2.24) is 14.8 Å². The normalized spacial score (nSPS) is 17.2. The Labute approximate surface area is 184 Å². The van der Waals surface area contributed by atoms with Crippen LogP contribution < -0.4 is 4.90 Å². The number of anilines is 2. The third-order valence-electron chi connectivity index (χ3n) is 6.87. The summed E-state index contributed by atoms with van der Waals surface area (Å²) in [5.74, 6) is 1.16. The number of piperidine rings is 1. The van der Waals surface area contributed by atoms with Crippen LogP contribution >= 0.6 is 0 Å². The predicted octanol–water partition coefficient (Wildman–Crippen LogP) is 4.40. The molecule has 0 unspecified atom stereocenters. The van der Waals surface area contributed by atoms with Crippen molar-refractivity contribution in [3.05, 3.63) is 65.2 Å². The van der Waals surface area contributed by atoms with Gasteiger partial charge in [-0.15, -0.1) is 0 Å². The number of aryl methyl sites for hydroxylation is 1. The smallest absolute Gasteiger partial charge is 0.253 e. The highest BCUT2D eigenvalue weighted by Crippen LogP contribution is 2.35. The SMILES string of the molecule is Cc1ccc2cc3c(nc2c1)N(c1ccc(C(=O)N(C)C2CCN(C)CC2)cc1)CC3. The van der Waals surface area contributed by atoms with E-state index in [1.54, 1.807) is 0 Å². The van der Waals surface area contributed by atoms with Crippen molar-refractivity contribution in [2.45, 2.75) is 32.2 Å². The number of likely N-dealkylation sites (tertiary alicyclic amines) is 1. The van der Waals surface area contributed by atoms with Crippen LogP contribution in [0, 0.1) is 6.92 Å². The van der Waals surface area contributed by atoms with Crippen LogP contribution in [0.2, 0.25) is 0 Å². The Kier molecular flexibility index (Phi) is 5.14. The van der Waals surface area contributed by atoms with Crippen LogP contribution in [-0.4, -0.2) is 60.5 Å². The first-order chi connectivity index (χ1) is 15.0. The molecule has 1 aromatic heterocycles. The number of benzene rings is 2. The van der Waals surface area contributed by atoms with Gasteiger partial charge in [-0.1, -0.05) is 12.1 Å². The lowest BCUT2D eigenvalue weighted by Crippen LogP contribution is -2.44. The van der Waals surface area contributed by atoms with E-state index in [0.29, 0.717) is 6.04 Å². The van der Waals surface area contributed by atoms with Gasteiger partial charge in [0.25, 0.3) is 5.91 Å². The second kappa shape index (κ2) is 7.97. The molecule has 0 bridgehead atoms. The van der Waals surface area contributed by atoms with Crippen LogP contribution in [0.5, 0.6) is 0 Å². The standard InChI is InChI=1S/C26H30N4O/c1-18-4-5-20-17-21-10-15-30(25(21)27-24(20)16-18)23-8-6-19(7-9-23)26(31)29(3)22-11-13-28(2)14-12-22/h4-9,16-17,22H,10-15H2,1-3H3. The first-order valence-corrected chi connectivity index (χ1v) is 11.2. The van der Waals surface area contributed by atoms with Crippen molar-refractivity contribution in [2.24, 2.45) is 0 Å². The summed E-state index contributed by atoms with van der Waals surface area (Å²) in [4.78, 5) is 24.5. The summed E-state index contributed by atoms with van der Waals surface area (Å²) in [6, 6.07) is 17.1. The molecule has 2 aromatic carbocycles. The Morgan fingerprint density at radius 1 is 1.03 bits per heavy atom.